The fourth-order valence-electron chi connectivity index (χ4n) is 4.84. The molecule has 4 saturated carbocycles. The van der Waals surface area contributed by atoms with Gasteiger partial charge in [-0.25, -0.2) is 4.79 Å². The maximum Gasteiger partial charge on any atom is 0.509 e. The Hall–Kier alpha value is -0.820. The summed E-state index contributed by atoms with van der Waals surface area (Å²) in [5, 5.41) is 0. The normalized spacial score (nSPS) is 38.8. The maximum atomic E-state index is 11.4. The van der Waals surface area contributed by atoms with Crippen LogP contribution in [0, 0.1) is 23.2 Å². The minimum Gasteiger partial charge on any atom is -0.434 e. The third-order valence-electron chi connectivity index (χ3n) is 4.99. The van der Waals surface area contributed by atoms with E-state index in [2.05, 4.69) is 4.74 Å². The molecule has 0 aliphatic heterocycles. The number of ether oxygens (including phenoxy) is 2. The van der Waals surface area contributed by atoms with E-state index in [1.54, 1.807) is 0 Å². The smallest absolute Gasteiger partial charge is 0.434 e. The van der Waals surface area contributed by atoms with E-state index in [1.807, 2.05) is 0 Å². The van der Waals surface area contributed by atoms with Crippen LogP contribution < -0.4 is 0 Å². The van der Waals surface area contributed by atoms with E-state index in [4.69, 9.17) is 9.29 Å². The number of hydrogen-bond acceptors (Lipinski definition) is 5. The Morgan fingerprint density at radius 1 is 1.05 bits per heavy atom. The van der Waals surface area contributed by atoms with Crippen LogP contribution in [0.4, 0.5) is 4.79 Å². The zero-order valence-electron chi connectivity index (χ0n) is 11.3. The van der Waals surface area contributed by atoms with Crippen molar-refractivity contribution < 1.29 is 27.2 Å². The van der Waals surface area contributed by atoms with Crippen molar-refractivity contribution in [2.24, 2.45) is 23.2 Å². The molecule has 4 aliphatic carbocycles. The van der Waals surface area contributed by atoms with Crippen LogP contribution in [0.1, 0.15) is 38.5 Å². The van der Waals surface area contributed by atoms with Crippen molar-refractivity contribution in [1.29, 1.82) is 0 Å². The zero-order chi connectivity index (χ0) is 14.4. The lowest BCUT2D eigenvalue weighted by Gasteiger charge is -2.56. The van der Waals surface area contributed by atoms with Gasteiger partial charge in [0.05, 0.1) is 0 Å². The van der Waals surface area contributed by atoms with Crippen molar-refractivity contribution in [3.8, 4) is 0 Å². The molecule has 0 unspecified atom stereocenters. The van der Waals surface area contributed by atoms with Crippen LogP contribution in [-0.2, 0) is 19.6 Å². The molecule has 0 amide bonds. The van der Waals surface area contributed by atoms with Crippen LogP contribution in [0.2, 0.25) is 0 Å². The van der Waals surface area contributed by atoms with Gasteiger partial charge in [-0.1, -0.05) is 0 Å². The molecule has 4 fully saturated rings. The molecule has 0 spiro atoms. The largest absolute Gasteiger partial charge is 0.509 e. The SMILES string of the molecule is O=C(OCC12CC3CC(CC(C3)C1)C2)OCS(=O)(=O)O. The van der Waals surface area contributed by atoms with E-state index in [-0.39, 0.29) is 5.41 Å². The van der Waals surface area contributed by atoms with E-state index in [0.29, 0.717) is 6.61 Å². The number of rotatable bonds is 4. The molecule has 0 aromatic heterocycles. The molecule has 4 bridgehead atoms. The molecular formula is C13H20O6S. The van der Waals surface area contributed by atoms with Crippen molar-refractivity contribution in [1.82, 2.24) is 0 Å². The highest BCUT2D eigenvalue weighted by atomic mass is 32.2. The topological polar surface area (TPSA) is 89.9 Å². The second-order valence-electron chi connectivity index (χ2n) is 6.80. The Morgan fingerprint density at radius 2 is 1.55 bits per heavy atom. The Kier molecular flexibility index (Phi) is 3.44. The average Bonchev–Trinajstić information content (AvgIpc) is 2.31. The summed E-state index contributed by atoms with van der Waals surface area (Å²) in [5.74, 6) is 1.24. The summed E-state index contributed by atoms with van der Waals surface area (Å²) in [7, 11) is -4.31. The van der Waals surface area contributed by atoms with Crippen LogP contribution in [0.25, 0.3) is 0 Å². The fourth-order valence-corrected chi connectivity index (χ4v) is 5.09. The Balaban J connectivity index is 1.52. The predicted molar refractivity (Wildman–Crippen MR) is 69.5 cm³/mol. The minimum atomic E-state index is -4.31. The average molecular weight is 304 g/mol. The van der Waals surface area contributed by atoms with E-state index in [9.17, 15) is 13.2 Å². The first kappa shape index (κ1) is 14.1. The summed E-state index contributed by atoms with van der Waals surface area (Å²) >= 11 is 0. The highest BCUT2D eigenvalue weighted by molar-refractivity contribution is 7.85. The monoisotopic (exact) mass is 304 g/mol. The molecule has 0 saturated heterocycles. The van der Waals surface area contributed by atoms with Gasteiger partial charge in [0.25, 0.3) is 0 Å². The molecule has 114 valence electrons. The second-order valence-corrected chi connectivity index (χ2v) is 8.20. The van der Waals surface area contributed by atoms with Crippen LogP contribution in [-0.4, -0.2) is 31.7 Å². The van der Waals surface area contributed by atoms with Crippen LogP contribution in [0.15, 0.2) is 0 Å². The molecule has 4 aliphatic rings. The lowest BCUT2D eigenvalue weighted by molar-refractivity contribution is -0.0889. The molecule has 0 radical (unpaired) electrons. The van der Waals surface area contributed by atoms with Gasteiger partial charge in [-0.05, 0) is 56.3 Å². The Bertz CT molecular complexity index is 462. The van der Waals surface area contributed by atoms with Crippen molar-refractivity contribution in [2.75, 3.05) is 12.5 Å². The summed E-state index contributed by atoms with van der Waals surface area (Å²) in [6, 6.07) is 0. The minimum absolute atomic E-state index is 0.0753. The zero-order valence-corrected chi connectivity index (χ0v) is 12.1. The van der Waals surface area contributed by atoms with Gasteiger partial charge in [-0.15, -0.1) is 0 Å². The first-order valence-electron chi connectivity index (χ1n) is 7.08. The molecule has 0 aromatic rings. The fraction of sp³-hybridized carbons (Fsp3) is 0.923. The van der Waals surface area contributed by atoms with Gasteiger partial charge in [0.1, 0.15) is 6.61 Å². The molecule has 4 rings (SSSR count). The molecule has 0 atom stereocenters. The third-order valence-corrected chi connectivity index (χ3v) is 5.40. The van der Waals surface area contributed by atoms with Crippen molar-refractivity contribution in [3.05, 3.63) is 0 Å². The highest BCUT2D eigenvalue weighted by Gasteiger charge is 2.51. The lowest BCUT2D eigenvalue weighted by atomic mass is 9.50. The first-order chi connectivity index (χ1) is 9.34. The van der Waals surface area contributed by atoms with Crippen LogP contribution >= 0.6 is 0 Å². The standard InChI is InChI=1S/C13H20O6S/c14-12(19-8-20(15,16)17)18-7-13-4-9-1-10(5-13)3-11(2-9)6-13/h9-11H,1-8H2,(H,15,16,17). The van der Waals surface area contributed by atoms with Crippen molar-refractivity contribution in [3.63, 3.8) is 0 Å². The highest BCUT2D eigenvalue weighted by Crippen LogP contribution is 2.60. The van der Waals surface area contributed by atoms with Gasteiger partial charge in [0, 0.05) is 5.41 Å². The Morgan fingerprint density at radius 3 is 2.00 bits per heavy atom. The molecule has 0 heterocycles. The van der Waals surface area contributed by atoms with Gasteiger partial charge in [-0.3, -0.25) is 4.55 Å². The van der Waals surface area contributed by atoms with Gasteiger partial charge in [-0.2, -0.15) is 8.42 Å². The Labute approximate surface area is 118 Å². The maximum absolute atomic E-state index is 11.4. The third kappa shape index (κ3) is 3.09. The quantitative estimate of drug-likeness (QED) is 0.632. The molecular weight excluding hydrogens is 284 g/mol. The number of carbonyl (C=O) groups is 1. The molecule has 20 heavy (non-hydrogen) atoms. The predicted octanol–water partition coefficient (Wildman–Crippen LogP) is 2.20. The van der Waals surface area contributed by atoms with Crippen LogP contribution in [0.5, 0.6) is 0 Å². The van der Waals surface area contributed by atoms with Gasteiger partial charge < -0.3 is 9.47 Å². The van der Waals surface area contributed by atoms with Gasteiger partial charge in [0.15, 0.2) is 0 Å². The van der Waals surface area contributed by atoms with Crippen LogP contribution in [0.3, 0.4) is 0 Å². The van der Waals surface area contributed by atoms with E-state index < -0.39 is 22.2 Å². The molecule has 0 aromatic carbocycles. The van der Waals surface area contributed by atoms with Crippen molar-refractivity contribution >= 4 is 16.3 Å². The summed E-state index contributed by atoms with van der Waals surface area (Å²) in [5.41, 5.74) is 0.0753. The second kappa shape index (κ2) is 4.87. The summed E-state index contributed by atoms with van der Waals surface area (Å²) in [4.78, 5) is 11.4. The summed E-state index contributed by atoms with van der Waals surface area (Å²) in [6.07, 6.45) is 6.23. The number of hydrogen-bond donors (Lipinski definition) is 1. The van der Waals surface area contributed by atoms with E-state index >= 15 is 0 Å². The van der Waals surface area contributed by atoms with E-state index in [0.717, 1.165) is 37.0 Å². The van der Waals surface area contributed by atoms with E-state index in [1.165, 1.54) is 19.3 Å². The van der Waals surface area contributed by atoms with Gasteiger partial charge >= 0.3 is 16.3 Å². The summed E-state index contributed by atoms with van der Waals surface area (Å²) < 4.78 is 38.9. The van der Waals surface area contributed by atoms with Gasteiger partial charge in [0.2, 0.25) is 5.94 Å². The molecule has 6 nitrogen and oxygen atoms in total. The summed E-state index contributed by atoms with van der Waals surface area (Å²) in [6.45, 7) is 0.306. The number of carbonyl (C=O) groups excluding carboxylic acids is 1. The lowest BCUT2D eigenvalue weighted by Crippen LogP contribution is -2.48. The van der Waals surface area contributed by atoms with Crippen molar-refractivity contribution in [2.45, 2.75) is 38.5 Å². The molecule has 1 N–H and O–H groups in total. The first-order valence-corrected chi connectivity index (χ1v) is 8.69. The molecule has 7 heteroatoms.